The summed E-state index contributed by atoms with van der Waals surface area (Å²) in [6.07, 6.45) is 3.89. The molecule has 2 N–H and O–H groups in total. The average Bonchev–Trinajstić information content (AvgIpc) is 3.49. The summed E-state index contributed by atoms with van der Waals surface area (Å²) in [4.78, 5) is 38.4. The summed E-state index contributed by atoms with van der Waals surface area (Å²) in [6, 6.07) is 11.5. The van der Waals surface area contributed by atoms with Crippen molar-refractivity contribution in [3.8, 4) is 11.5 Å². The molecule has 1 aliphatic rings. The molecule has 204 valence electrons. The van der Waals surface area contributed by atoms with Gasteiger partial charge in [0.25, 0.3) is 0 Å². The van der Waals surface area contributed by atoms with E-state index in [-0.39, 0.29) is 6.61 Å². The van der Waals surface area contributed by atoms with Crippen molar-refractivity contribution in [2.45, 2.75) is 39.7 Å². The zero-order valence-electron chi connectivity index (χ0n) is 21.8. The maximum absolute atomic E-state index is 12.5. The normalized spacial score (nSPS) is 12.2. The highest BCUT2D eigenvalue weighted by Crippen LogP contribution is 2.39. The summed E-state index contributed by atoms with van der Waals surface area (Å²) in [5, 5.41) is 6.76. The Kier molecular flexibility index (Phi) is 9.36. The number of ether oxygens (including phenoxy) is 3. The van der Waals surface area contributed by atoms with E-state index in [2.05, 4.69) is 31.8 Å². The summed E-state index contributed by atoms with van der Waals surface area (Å²) in [7, 11) is 1.53. The minimum Gasteiger partial charge on any atom is -0.493 e. The van der Waals surface area contributed by atoms with Crippen LogP contribution >= 0.6 is 27.3 Å². The highest BCUT2D eigenvalue weighted by Gasteiger charge is 2.29. The second-order valence-electron chi connectivity index (χ2n) is 8.74. The second-order valence-corrected chi connectivity index (χ2v) is 10.7. The molecule has 0 saturated carbocycles. The number of anilines is 1. The van der Waals surface area contributed by atoms with Crippen LogP contribution in [-0.4, -0.2) is 37.7 Å². The van der Waals surface area contributed by atoms with Crippen molar-refractivity contribution in [2.75, 3.05) is 19.0 Å². The molecule has 0 atom stereocenters. The topological polar surface area (TPSA) is 115 Å². The van der Waals surface area contributed by atoms with Crippen LogP contribution in [0.2, 0.25) is 0 Å². The van der Waals surface area contributed by atoms with E-state index in [0.717, 1.165) is 35.3 Å². The summed E-state index contributed by atoms with van der Waals surface area (Å²) >= 11 is 4.80. The lowest BCUT2D eigenvalue weighted by Crippen LogP contribution is -2.32. The zero-order chi connectivity index (χ0) is 27.9. The number of hydrogen-bond donors (Lipinski definition) is 2. The maximum Gasteiger partial charge on any atom is 0.341 e. The maximum atomic E-state index is 12.5. The first-order valence-electron chi connectivity index (χ1n) is 12.3. The third-order valence-electron chi connectivity index (χ3n) is 5.97. The van der Waals surface area contributed by atoms with E-state index in [1.54, 1.807) is 19.1 Å². The van der Waals surface area contributed by atoms with Crippen molar-refractivity contribution in [3.05, 3.63) is 73.6 Å². The molecule has 0 saturated heterocycles. The first-order valence-corrected chi connectivity index (χ1v) is 13.9. The summed E-state index contributed by atoms with van der Waals surface area (Å²) < 4.78 is 17.2. The Labute approximate surface area is 238 Å². The van der Waals surface area contributed by atoms with Gasteiger partial charge >= 0.3 is 17.8 Å². The second kappa shape index (κ2) is 12.9. The molecule has 0 radical (unpaired) electrons. The Balaban J connectivity index is 1.39. The lowest BCUT2D eigenvalue weighted by atomic mass is 10.1. The number of aryl methyl sites for hydroxylation is 2. The van der Waals surface area contributed by atoms with E-state index in [9.17, 15) is 14.4 Å². The number of benzene rings is 2. The monoisotopic (exact) mass is 613 g/mol. The van der Waals surface area contributed by atoms with Crippen LogP contribution < -0.4 is 20.2 Å². The van der Waals surface area contributed by atoms with Gasteiger partial charge < -0.3 is 19.5 Å². The van der Waals surface area contributed by atoms with Gasteiger partial charge in [0, 0.05) is 4.88 Å². The fourth-order valence-electron chi connectivity index (χ4n) is 4.08. The van der Waals surface area contributed by atoms with E-state index in [0.29, 0.717) is 38.7 Å². The SMILES string of the molecule is CCOC(=O)c1c(NC(=O)C(=O)N/N=C/c2cc(Br)c(OCc3ccc(C)cc3)c(OC)c2)sc2c1CCC2. The van der Waals surface area contributed by atoms with E-state index < -0.39 is 17.8 Å². The van der Waals surface area contributed by atoms with Gasteiger partial charge in [-0.15, -0.1) is 11.3 Å². The van der Waals surface area contributed by atoms with Gasteiger partial charge in [0.05, 0.1) is 30.0 Å². The van der Waals surface area contributed by atoms with Crippen molar-refractivity contribution < 1.29 is 28.6 Å². The summed E-state index contributed by atoms with van der Waals surface area (Å²) in [5.74, 6) is -1.41. The largest absolute Gasteiger partial charge is 0.493 e. The molecule has 0 fully saturated rings. The van der Waals surface area contributed by atoms with Crippen LogP contribution in [0.15, 0.2) is 46.0 Å². The predicted molar refractivity (Wildman–Crippen MR) is 153 cm³/mol. The zero-order valence-corrected chi connectivity index (χ0v) is 24.2. The van der Waals surface area contributed by atoms with Crippen LogP contribution in [-0.2, 0) is 33.8 Å². The minimum absolute atomic E-state index is 0.215. The van der Waals surface area contributed by atoms with Crippen molar-refractivity contribution in [1.29, 1.82) is 0 Å². The molecule has 1 aromatic heterocycles. The van der Waals surface area contributed by atoms with Crippen LogP contribution in [0.3, 0.4) is 0 Å². The summed E-state index contributed by atoms with van der Waals surface area (Å²) in [6.45, 7) is 4.32. The lowest BCUT2D eigenvalue weighted by molar-refractivity contribution is -0.136. The number of thiophene rings is 1. The standard InChI is InChI=1S/C28H28BrN3O6S/c1-4-37-28(35)23-19-6-5-7-22(19)39-27(23)31-25(33)26(34)32-30-14-18-12-20(29)24(21(13-18)36-3)38-15-17-10-8-16(2)9-11-17/h8-14H,4-7,15H2,1-3H3,(H,31,33)(H,32,34)/b30-14+. The molecule has 11 heteroatoms. The number of esters is 1. The smallest absolute Gasteiger partial charge is 0.341 e. The summed E-state index contributed by atoms with van der Waals surface area (Å²) in [5.41, 5.74) is 6.22. The number of fused-ring (bicyclic) bond motifs is 1. The van der Waals surface area contributed by atoms with Gasteiger partial charge in [0.15, 0.2) is 11.5 Å². The Hall–Kier alpha value is -3.70. The Morgan fingerprint density at radius 2 is 1.90 bits per heavy atom. The first-order chi connectivity index (χ1) is 18.8. The van der Waals surface area contributed by atoms with E-state index in [4.69, 9.17) is 14.2 Å². The number of carbonyl (C=O) groups excluding carboxylic acids is 3. The number of halogens is 1. The van der Waals surface area contributed by atoms with Crippen LogP contribution in [0.4, 0.5) is 5.00 Å². The Morgan fingerprint density at radius 1 is 1.13 bits per heavy atom. The Bertz CT molecular complexity index is 1420. The Morgan fingerprint density at radius 3 is 2.62 bits per heavy atom. The molecule has 1 heterocycles. The van der Waals surface area contributed by atoms with Gasteiger partial charge in [-0.3, -0.25) is 9.59 Å². The van der Waals surface area contributed by atoms with Gasteiger partial charge in [-0.25, -0.2) is 10.2 Å². The molecule has 9 nitrogen and oxygen atoms in total. The number of amides is 2. The number of rotatable bonds is 9. The molecule has 3 aromatic rings. The third kappa shape index (κ3) is 6.85. The molecule has 0 bridgehead atoms. The first kappa shape index (κ1) is 28.3. The van der Waals surface area contributed by atoms with Crippen molar-refractivity contribution in [1.82, 2.24) is 5.43 Å². The molecule has 0 unspecified atom stereocenters. The van der Waals surface area contributed by atoms with E-state index >= 15 is 0 Å². The molecule has 0 aliphatic heterocycles. The van der Waals surface area contributed by atoms with Crippen LogP contribution in [0, 0.1) is 6.92 Å². The van der Waals surface area contributed by atoms with Gasteiger partial charge in [-0.05, 0) is 77.9 Å². The predicted octanol–water partition coefficient (Wildman–Crippen LogP) is 5.16. The lowest BCUT2D eigenvalue weighted by Gasteiger charge is -2.13. The number of hydrazone groups is 1. The van der Waals surface area contributed by atoms with Gasteiger partial charge in [-0.1, -0.05) is 29.8 Å². The van der Waals surface area contributed by atoms with E-state index in [1.165, 1.54) is 30.2 Å². The molecule has 0 spiro atoms. The average molecular weight is 615 g/mol. The molecular weight excluding hydrogens is 586 g/mol. The number of carbonyl (C=O) groups is 3. The van der Waals surface area contributed by atoms with Crippen molar-refractivity contribution >= 4 is 56.3 Å². The highest BCUT2D eigenvalue weighted by atomic mass is 79.9. The molecule has 39 heavy (non-hydrogen) atoms. The number of methoxy groups -OCH3 is 1. The number of nitrogens with zero attached hydrogens (tertiary/aromatic N) is 1. The fourth-order valence-corrected chi connectivity index (χ4v) is 5.93. The quantitative estimate of drug-likeness (QED) is 0.149. The third-order valence-corrected chi connectivity index (χ3v) is 7.77. The molecule has 2 aromatic carbocycles. The fraction of sp³-hybridized carbons (Fsp3) is 0.286. The minimum atomic E-state index is -0.973. The highest BCUT2D eigenvalue weighted by molar-refractivity contribution is 9.10. The number of hydrogen-bond acceptors (Lipinski definition) is 8. The van der Waals surface area contributed by atoms with Crippen molar-refractivity contribution in [2.24, 2.45) is 5.10 Å². The van der Waals surface area contributed by atoms with Crippen LogP contribution in [0.5, 0.6) is 11.5 Å². The van der Waals surface area contributed by atoms with Crippen LogP contribution in [0.1, 0.15) is 50.8 Å². The van der Waals surface area contributed by atoms with Gasteiger partial charge in [-0.2, -0.15) is 5.10 Å². The molecule has 1 aliphatic carbocycles. The van der Waals surface area contributed by atoms with Crippen molar-refractivity contribution in [3.63, 3.8) is 0 Å². The van der Waals surface area contributed by atoms with Gasteiger partial charge in [0.2, 0.25) is 0 Å². The molecule has 2 amide bonds. The molecule has 4 rings (SSSR count). The van der Waals surface area contributed by atoms with E-state index in [1.807, 2.05) is 31.2 Å². The van der Waals surface area contributed by atoms with Gasteiger partial charge in [0.1, 0.15) is 11.6 Å². The number of nitrogens with one attached hydrogen (secondary N) is 2. The van der Waals surface area contributed by atoms with Crippen LogP contribution in [0.25, 0.3) is 0 Å². The molecular formula is C28H28BrN3O6S.